The lowest BCUT2D eigenvalue weighted by molar-refractivity contribution is 0.276. The van der Waals surface area contributed by atoms with Crippen LogP contribution in [0.2, 0.25) is 0 Å². The monoisotopic (exact) mass is 298 g/mol. The molecule has 0 saturated carbocycles. The number of benzene rings is 1. The van der Waals surface area contributed by atoms with Crippen molar-refractivity contribution in [3.63, 3.8) is 0 Å². The Balaban J connectivity index is 1.62. The van der Waals surface area contributed by atoms with Gasteiger partial charge in [-0.05, 0) is 19.2 Å². The zero-order valence-corrected chi connectivity index (χ0v) is 12.7. The van der Waals surface area contributed by atoms with Gasteiger partial charge in [0.05, 0.1) is 13.1 Å². The molecule has 0 fully saturated rings. The van der Waals surface area contributed by atoms with Crippen LogP contribution in [0.25, 0.3) is 11.5 Å². The Kier molecular flexibility index (Phi) is 4.24. The molecule has 3 rings (SSSR count). The molecule has 3 aromatic rings. The van der Waals surface area contributed by atoms with E-state index in [1.807, 2.05) is 49.2 Å². The molecule has 0 saturated heterocycles. The molecule has 7 nitrogen and oxygen atoms in total. The summed E-state index contributed by atoms with van der Waals surface area (Å²) in [4.78, 5) is 6.43. The molecule has 0 aliphatic rings. The van der Waals surface area contributed by atoms with Crippen LogP contribution in [-0.2, 0) is 19.5 Å². The summed E-state index contributed by atoms with van der Waals surface area (Å²) in [6.45, 7) is 3.23. The molecule has 0 spiro atoms. The lowest BCUT2D eigenvalue weighted by Crippen LogP contribution is -2.18. The van der Waals surface area contributed by atoms with Crippen molar-refractivity contribution in [1.82, 2.24) is 30.3 Å². The maximum Gasteiger partial charge on any atom is 0.247 e. The highest BCUT2D eigenvalue weighted by molar-refractivity contribution is 5.51. The summed E-state index contributed by atoms with van der Waals surface area (Å²) in [5, 5.41) is 15.2. The van der Waals surface area contributed by atoms with Crippen molar-refractivity contribution in [3.8, 4) is 11.5 Å². The number of hydrogen-bond acceptors (Lipinski definition) is 6. The number of rotatable bonds is 6. The van der Waals surface area contributed by atoms with Crippen molar-refractivity contribution >= 4 is 0 Å². The quantitative estimate of drug-likeness (QED) is 0.750. The van der Waals surface area contributed by atoms with Crippen LogP contribution in [0, 0.1) is 0 Å². The first-order valence-electron chi connectivity index (χ1n) is 7.21. The third kappa shape index (κ3) is 3.37. The standard InChI is InChI=1S/C15H18N6O/c1-3-12-16-13(18-17-12)9-21(2)10-14-19-20-15(22-14)11-7-5-4-6-8-11/h4-8H,3,9-10H2,1-2H3,(H,16,17,18). The van der Waals surface area contributed by atoms with Crippen LogP contribution >= 0.6 is 0 Å². The van der Waals surface area contributed by atoms with E-state index < -0.39 is 0 Å². The van der Waals surface area contributed by atoms with E-state index in [9.17, 15) is 0 Å². The van der Waals surface area contributed by atoms with E-state index in [2.05, 4.69) is 25.4 Å². The molecule has 2 aromatic heterocycles. The van der Waals surface area contributed by atoms with Gasteiger partial charge < -0.3 is 4.42 Å². The zero-order chi connectivity index (χ0) is 15.4. The Morgan fingerprint density at radius 2 is 1.95 bits per heavy atom. The zero-order valence-electron chi connectivity index (χ0n) is 12.7. The smallest absolute Gasteiger partial charge is 0.247 e. The van der Waals surface area contributed by atoms with Crippen molar-refractivity contribution in [3.05, 3.63) is 47.9 Å². The summed E-state index contributed by atoms with van der Waals surface area (Å²) in [6.07, 6.45) is 0.824. The van der Waals surface area contributed by atoms with Crippen LogP contribution in [0.3, 0.4) is 0 Å². The van der Waals surface area contributed by atoms with Crippen molar-refractivity contribution in [2.75, 3.05) is 7.05 Å². The van der Waals surface area contributed by atoms with E-state index in [1.54, 1.807) is 0 Å². The summed E-state index contributed by atoms with van der Waals surface area (Å²) in [5.41, 5.74) is 0.923. The Bertz CT molecular complexity index is 720. The number of H-pyrrole nitrogens is 1. The van der Waals surface area contributed by atoms with Crippen LogP contribution < -0.4 is 0 Å². The van der Waals surface area contributed by atoms with Gasteiger partial charge in [0.2, 0.25) is 11.8 Å². The fraction of sp³-hybridized carbons (Fsp3) is 0.333. The highest BCUT2D eigenvalue weighted by Crippen LogP contribution is 2.17. The van der Waals surface area contributed by atoms with Gasteiger partial charge in [0.25, 0.3) is 0 Å². The molecule has 114 valence electrons. The van der Waals surface area contributed by atoms with Crippen molar-refractivity contribution in [1.29, 1.82) is 0 Å². The van der Waals surface area contributed by atoms with Gasteiger partial charge in [-0.1, -0.05) is 25.1 Å². The number of nitrogens with one attached hydrogen (secondary N) is 1. The summed E-state index contributed by atoms with van der Waals surface area (Å²) in [5.74, 6) is 2.78. The van der Waals surface area contributed by atoms with Crippen LogP contribution in [-0.4, -0.2) is 37.3 Å². The lowest BCUT2D eigenvalue weighted by Gasteiger charge is -2.11. The normalized spacial score (nSPS) is 11.2. The van der Waals surface area contributed by atoms with E-state index in [4.69, 9.17) is 4.42 Å². The highest BCUT2D eigenvalue weighted by atomic mass is 16.4. The second-order valence-electron chi connectivity index (χ2n) is 5.09. The molecule has 0 amide bonds. The summed E-state index contributed by atoms with van der Waals surface area (Å²) >= 11 is 0. The Morgan fingerprint density at radius 3 is 2.68 bits per heavy atom. The van der Waals surface area contributed by atoms with Crippen LogP contribution in [0.1, 0.15) is 24.5 Å². The van der Waals surface area contributed by atoms with Crippen LogP contribution in [0.15, 0.2) is 34.7 Å². The Hall–Kier alpha value is -2.54. The molecule has 0 bridgehead atoms. The number of hydrogen-bond donors (Lipinski definition) is 1. The minimum absolute atomic E-state index is 0.539. The maximum absolute atomic E-state index is 5.69. The maximum atomic E-state index is 5.69. The molecule has 22 heavy (non-hydrogen) atoms. The van der Waals surface area contributed by atoms with Gasteiger partial charge in [0.15, 0.2) is 0 Å². The fourth-order valence-electron chi connectivity index (χ4n) is 2.12. The minimum atomic E-state index is 0.539. The van der Waals surface area contributed by atoms with Crippen molar-refractivity contribution in [2.24, 2.45) is 0 Å². The van der Waals surface area contributed by atoms with Gasteiger partial charge in [-0.2, -0.15) is 5.10 Å². The van der Waals surface area contributed by atoms with E-state index >= 15 is 0 Å². The SMILES string of the molecule is CCc1n[nH]c(CN(C)Cc2nnc(-c3ccccc3)o2)n1. The first kappa shape index (κ1) is 14.4. The predicted octanol–water partition coefficient (Wildman–Crippen LogP) is 2.05. The first-order valence-corrected chi connectivity index (χ1v) is 7.21. The summed E-state index contributed by atoms with van der Waals surface area (Å²) < 4.78 is 5.69. The second-order valence-corrected chi connectivity index (χ2v) is 5.09. The molecule has 1 N–H and O–H groups in total. The van der Waals surface area contributed by atoms with Gasteiger partial charge in [-0.3, -0.25) is 10.00 Å². The third-order valence-corrected chi connectivity index (χ3v) is 3.21. The van der Waals surface area contributed by atoms with Crippen molar-refractivity contribution < 1.29 is 4.42 Å². The van der Waals surface area contributed by atoms with Gasteiger partial charge in [-0.25, -0.2) is 4.98 Å². The van der Waals surface area contributed by atoms with E-state index in [1.165, 1.54) is 0 Å². The molecular weight excluding hydrogens is 280 g/mol. The molecule has 0 atom stereocenters. The minimum Gasteiger partial charge on any atom is -0.419 e. The first-order chi connectivity index (χ1) is 10.7. The molecule has 0 aliphatic heterocycles. The number of nitrogens with zero attached hydrogens (tertiary/aromatic N) is 5. The average molecular weight is 298 g/mol. The molecule has 7 heteroatoms. The van der Waals surface area contributed by atoms with E-state index in [-0.39, 0.29) is 0 Å². The van der Waals surface area contributed by atoms with Gasteiger partial charge in [-0.15, -0.1) is 10.2 Å². The number of aromatic amines is 1. The topological polar surface area (TPSA) is 83.7 Å². The molecule has 0 unspecified atom stereocenters. The molecule has 0 radical (unpaired) electrons. The number of aryl methyl sites for hydroxylation is 1. The summed E-state index contributed by atoms with van der Waals surface area (Å²) in [6, 6.07) is 9.74. The van der Waals surface area contributed by atoms with Crippen molar-refractivity contribution in [2.45, 2.75) is 26.4 Å². The third-order valence-electron chi connectivity index (χ3n) is 3.21. The highest BCUT2D eigenvalue weighted by Gasteiger charge is 2.12. The second kappa shape index (κ2) is 6.48. The average Bonchev–Trinajstić information content (AvgIpc) is 3.17. The lowest BCUT2D eigenvalue weighted by atomic mass is 10.2. The van der Waals surface area contributed by atoms with Gasteiger partial charge in [0.1, 0.15) is 11.6 Å². The fourth-order valence-corrected chi connectivity index (χ4v) is 2.12. The molecule has 0 aliphatic carbocycles. The predicted molar refractivity (Wildman–Crippen MR) is 80.7 cm³/mol. The molecular formula is C15H18N6O. The van der Waals surface area contributed by atoms with Crippen LogP contribution in [0.5, 0.6) is 0 Å². The van der Waals surface area contributed by atoms with Gasteiger partial charge in [0, 0.05) is 12.0 Å². The molecule has 2 heterocycles. The van der Waals surface area contributed by atoms with Gasteiger partial charge >= 0.3 is 0 Å². The van der Waals surface area contributed by atoms with E-state index in [0.29, 0.717) is 24.9 Å². The number of aromatic nitrogens is 5. The Labute approximate surface area is 128 Å². The van der Waals surface area contributed by atoms with Crippen LogP contribution in [0.4, 0.5) is 0 Å². The van der Waals surface area contributed by atoms with E-state index in [0.717, 1.165) is 23.6 Å². The summed E-state index contributed by atoms with van der Waals surface area (Å²) in [7, 11) is 1.97. The Morgan fingerprint density at radius 1 is 1.14 bits per heavy atom. The molecule has 1 aromatic carbocycles. The largest absolute Gasteiger partial charge is 0.419 e.